The number of H-pyrrole nitrogens is 1. The van der Waals surface area contributed by atoms with Crippen molar-refractivity contribution in [2.45, 2.75) is 46.1 Å². The van der Waals surface area contributed by atoms with Gasteiger partial charge in [-0.3, -0.25) is 5.10 Å². The van der Waals surface area contributed by atoms with Gasteiger partial charge < -0.3 is 5.32 Å². The van der Waals surface area contributed by atoms with Gasteiger partial charge in [0.15, 0.2) is 0 Å². The highest BCUT2D eigenvalue weighted by Gasteiger charge is 2.05. The van der Waals surface area contributed by atoms with Crippen molar-refractivity contribution in [2.24, 2.45) is 0 Å². The maximum Gasteiger partial charge on any atom is 0.0522 e. The Bertz CT molecular complexity index is 531. The number of hydrogen-bond acceptors (Lipinski definition) is 2. The van der Waals surface area contributed by atoms with Crippen LogP contribution in [-0.4, -0.2) is 22.8 Å². The normalized spacial score (nSPS) is 12.6. The van der Waals surface area contributed by atoms with E-state index in [1.807, 2.05) is 6.20 Å². The Morgan fingerprint density at radius 1 is 1.20 bits per heavy atom. The third-order valence-electron chi connectivity index (χ3n) is 3.84. The highest BCUT2D eigenvalue weighted by atomic mass is 15.1. The molecule has 2 N–H and O–H groups in total. The van der Waals surface area contributed by atoms with Crippen LogP contribution in [0.25, 0.3) is 0 Å². The minimum atomic E-state index is 0.515. The van der Waals surface area contributed by atoms with Crippen molar-refractivity contribution >= 4 is 0 Å². The van der Waals surface area contributed by atoms with Gasteiger partial charge in [0.1, 0.15) is 0 Å². The number of rotatable bonds is 7. The molecule has 0 spiro atoms. The first kappa shape index (κ1) is 14.8. The Kier molecular flexibility index (Phi) is 5.36. The van der Waals surface area contributed by atoms with Gasteiger partial charge >= 0.3 is 0 Å². The molecule has 2 rings (SSSR count). The van der Waals surface area contributed by atoms with Crippen LogP contribution >= 0.6 is 0 Å². The molecular weight excluding hydrogens is 246 g/mol. The van der Waals surface area contributed by atoms with Crippen LogP contribution in [0.5, 0.6) is 0 Å². The van der Waals surface area contributed by atoms with Crippen molar-refractivity contribution in [3.05, 3.63) is 52.8 Å². The minimum Gasteiger partial charge on any atom is -0.314 e. The van der Waals surface area contributed by atoms with E-state index in [0.717, 1.165) is 25.8 Å². The Morgan fingerprint density at radius 3 is 2.70 bits per heavy atom. The van der Waals surface area contributed by atoms with Gasteiger partial charge in [-0.05, 0) is 63.3 Å². The summed E-state index contributed by atoms with van der Waals surface area (Å²) in [6.07, 6.45) is 5.27. The first-order valence-corrected chi connectivity index (χ1v) is 7.43. The van der Waals surface area contributed by atoms with Gasteiger partial charge in [-0.25, -0.2) is 0 Å². The second-order valence-electron chi connectivity index (χ2n) is 5.61. The molecular formula is C17H25N3. The molecule has 1 aromatic carbocycles. The Hall–Kier alpha value is -1.61. The van der Waals surface area contributed by atoms with E-state index in [9.17, 15) is 0 Å². The molecule has 1 aromatic heterocycles. The predicted molar refractivity (Wildman–Crippen MR) is 84.0 cm³/mol. The van der Waals surface area contributed by atoms with Crippen LogP contribution in [0.2, 0.25) is 0 Å². The average Bonchev–Trinajstić information content (AvgIpc) is 2.83. The molecule has 0 saturated carbocycles. The van der Waals surface area contributed by atoms with Crippen LogP contribution in [0.3, 0.4) is 0 Å². The molecule has 0 unspecified atom stereocenters. The first-order chi connectivity index (χ1) is 9.66. The molecule has 0 aliphatic rings. The molecule has 0 amide bonds. The number of aryl methyl sites for hydroxylation is 3. The highest BCUT2D eigenvalue weighted by molar-refractivity contribution is 5.26. The Balaban J connectivity index is 1.69. The van der Waals surface area contributed by atoms with Crippen LogP contribution in [0, 0.1) is 13.8 Å². The molecule has 0 aliphatic heterocycles. The predicted octanol–water partition coefficient (Wildman–Crippen LogP) is 3.18. The largest absolute Gasteiger partial charge is 0.314 e. The molecule has 3 heteroatoms. The van der Waals surface area contributed by atoms with Crippen LogP contribution in [0.4, 0.5) is 0 Å². The summed E-state index contributed by atoms with van der Waals surface area (Å²) in [6.45, 7) is 7.58. The van der Waals surface area contributed by atoms with E-state index in [4.69, 9.17) is 0 Å². The van der Waals surface area contributed by atoms with Gasteiger partial charge in [0.25, 0.3) is 0 Å². The fourth-order valence-corrected chi connectivity index (χ4v) is 2.50. The third kappa shape index (κ3) is 4.20. The summed E-state index contributed by atoms with van der Waals surface area (Å²) in [6, 6.07) is 9.15. The standard InChI is InChI=1S/C17H25N3/c1-13-7-4-5-8-16(13)11-14(2)18-10-6-9-17-12-19-20-15(17)3/h4-5,7-8,12,14,18H,6,9-11H2,1-3H3,(H,19,20)/t14-/m1/s1. The van der Waals surface area contributed by atoms with Crippen molar-refractivity contribution < 1.29 is 0 Å². The van der Waals surface area contributed by atoms with E-state index < -0.39 is 0 Å². The zero-order chi connectivity index (χ0) is 14.4. The number of aromatic amines is 1. The van der Waals surface area contributed by atoms with Gasteiger partial charge in [-0.1, -0.05) is 24.3 Å². The second kappa shape index (κ2) is 7.25. The minimum absolute atomic E-state index is 0.515. The SMILES string of the molecule is Cc1ccccc1C[C@@H](C)NCCCc1cn[nH]c1C. The van der Waals surface area contributed by atoms with E-state index >= 15 is 0 Å². The molecule has 108 valence electrons. The maximum atomic E-state index is 4.06. The molecule has 0 bridgehead atoms. The highest BCUT2D eigenvalue weighted by Crippen LogP contribution is 2.10. The van der Waals surface area contributed by atoms with Crippen molar-refractivity contribution in [1.29, 1.82) is 0 Å². The number of nitrogens with one attached hydrogen (secondary N) is 2. The number of benzene rings is 1. The lowest BCUT2D eigenvalue weighted by molar-refractivity contribution is 0.533. The fraction of sp³-hybridized carbons (Fsp3) is 0.471. The topological polar surface area (TPSA) is 40.7 Å². The zero-order valence-electron chi connectivity index (χ0n) is 12.7. The molecule has 2 aromatic rings. The lowest BCUT2D eigenvalue weighted by Crippen LogP contribution is -2.29. The fourth-order valence-electron chi connectivity index (χ4n) is 2.50. The van der Waals surface area contributed by atoms with Gasteiger partial charge in [0.2, 0.25) is 0 Å². The van der Waals surface area contributed by atoms with Crippen molar-refractivity contribution in [3.8, 4) is 0 Å². The molecule has 20 heavy (non-hydrogen) atoms. The molecule has 1 heterocycles. The quantitative estimate of drug-likeness (QED) is 0.759. The van der Waals surface area contributed by atoms with Crippen LogP contribution in [0.1, 0.15) is 35.7 Å². The summed E-state index contributed by atoms with van der Waals surface area (Å²) in [7, 11) is 0. The number of aromatic nitrogens is 2. The number of hydrogen-bond donors (Lipinski definition) is 2. The van der Waals surface area contributed by atoms with E-state index in [1.54, 1.807) is 0 Å². The van der Waals surface area contributed by atoms with Gasteiger partial charge in [-0.15, -0.1) is 0 Å². The van der Waals surface area contributed by atoms with E-state index in [2.05, 4.69) is 60.6 Å². The monoisotopic (exact) mass is 271 g/mol. The van der Waals surface area contributed by atoms with Crippen LogP contribution < -0.4 is 5.32 Å². The zero-order valence-corrected chi connectivity index (χ0v) is 12.7. The molecule has 0 saturated heterocycles. The molecule has 3 nitrogen and oxygen atoms in total. The third-order valence-corrected chi connectivity index (χ3v) is 3.84. The number of nitrogens with zero attached hydrogens (tertiary/aromatic N) is 1. The van der Waals surface area contributed by atoms with Crippen LogP contribution in [0.15, 0.2) is 30.5 Å². The summed E-state index contributed by atoms with van der Waals surface area (Å²) >= 11 is 0. The second-order valence-corrected chi connectivity index (χ2v) is 5.61. The maximum absolute atomic E-state index is 4.06. The van der Waals surface area contributed by atoms with E-state index in [-0.39, 0.29) is 0 Å². The van der Waals surface area contributed by atoms with E-state index in [1.165, 1.54) is 22.4 Å². The molecule has 1 atom stereocenters. The van der Waals surface area contributed by atoms with Gasteiger partial charge in [0.05, 0.1) is 6.20 Å². The Labute approximate surface area is 121 Å². The van der Waals surface area contributed by atoms with Gasteiger partial charge in [0, 0.05) is 11.7 Å². The molecule has 0 fully saturated rings. The summed E-state index contributed by atoms with van der Waals surface area (Å²) in [5.41, 5.74) is 5.35. The smallest absolute Gasteiger partial charge is 0.0522 e. The van der Waals surface area contributed by atoms with Crippen molar-refractivity contribution in [2.75, 3.05) is 6.54 Å². The lowest BCUT2D eigenvalue weighted by atomic mass is 10.0. The average molecular weight is 271 g/mol. The lowest BCUT2D eigenvalue weighted by Gasteiger charge is -2.15. The van der Waals surface area contributed by atoms with Gasteiger partial charge in [-0.2, -0.15) is 5.10 Å². The molecule has 0 aliphatic carbocycles. The summed E-state index contributed by atoms with van der Waals surface area (Å²) in [5, 5.41) is 10.7. The van der Waals surface area contributed by atoms with Crippen molar-refractivity contribution in [3.63, 3.8) is 0 Å². The summed E-state index contributed by atoms with van der Waals surface area (Å²) < 4.78 is 0. The van der Waals surface area contributed by atoms with Crippen LogP contribution in [-0.2, 0) is 12.8 Å². The van der Waals surface area contributed by atoms with Crippen molar-refractivity contribution in [1.82, 2.24) is 15.5 Å². The summed E-state index contributed by atoms with van der Waals surface area (Å²) in [5.74, 6) is 0. The summed E-state index contributed by atoms with van der Waals surface area (Å²) in [4.78, 5) is 0. The first-order valence-electron chi connectivity index (χ1n) is 7.43. The Morgan fingerprint density at radius 2 is 2.00 bits per heavy atom. The molecule has 0 radical (unpaired) electrons. The van der Waals surface area contributed by atoms with E-state index in [0.29, 0.717) is 6.04 Å².